The van der Waals surface area contributed by atoms with Gasteiger partial charge in [-0.05, 0) is 60.6 Å². The van der Waals surface area contributed by atoms with Crippen molar-refractivity contribution in [1.82, 2.24) is 9.88 Å². The molecule has 3 aromatic rings. The first-order chi connectivity index (χ1) is 15.8. The molecular formula is C26H25ClN2O3S. The van der Waals surface area contributed by atoms with Gasteiger partial charge in [0.2, 0.25) is 0 Å². The van der Waals surface area contributed by atoms with E-state index in [1.807, 2.05) is 48.5 Å². The molecule has 1 fully saturated rings. The highest BCUT2D eigenvalue weighted by atomic mass is 35.5. The summed E-state index contributed by atoms with van der Waals surface area (Å²) in [5.74, 6) is 0.0266. The van der Waals surface area contributed by atoms with E-state index in [4.69, 9.17) is 16.6 Å². The number of hydrogen-bond donors (Lipinski definition) is 0. The first kappa shape index (κ1) is 22.1. The monoisotopic (exact) mass is 480 g/mol. The Morgan fingerprint density at radius 3 is 2.64 bits per heavy atom. The van der Waals surface area contributed by atoms with Crippen molar-refractivity contribution < 1.29 is 13.2 Å². The van der Waals surface area contributed by atoms with Crippen molar-refractivity contribution in [3.8, 4) is 0 Å². The number of sulfone groups is 1. The molecule has 1 aliphatic heterocycles. The summed E-state index contributed by atoms with van der Waals surface area (Å²) < 4.78 is 24.1. The number of nitrogens with zero attached hydrogens (tertiary/aromatic N) is 2. The van der Waals surface area contributed by atoms with Crippen molar-refractivity contribution in [2.75, 3.05) is 18.6 Å². The van der Waals surface area contributed by atoms with Crippen molar-refractivity contribution in [2.45, 2.75) is 31.7 Å². The zero-order chi connectivity index (χ0) is 23.2. The van der Waals surface area contributed by atoms with Gasteiger partial charge in [0, 0.05) is 23.5 Å². The lowest BCUT2D eigenvalue weighted by Gasteiger charge is -2.28. The third-order valence-corrected chi connectivity index (χ3v) is 8.79. The maximum Gasteiger partial charge on any atom is 0.254 e. The van der Waals surface area contributed by atoms with Gasteiger partial charge in [0.15, 0.2) is 9.84 Å². The van der Waals surface area contributed by atoms with Gasteiger partial charge in [0.1, 0.15) is 0 Å². The molecule has 2 aromatic carbocycles. The van der Waals surface area contributed by atoms with Gasteiger partial charge < -0.3 is 4.90 Å². The second kappa shape index (κ2) is 8.58. The number of allylic oxidation sites excluding steroid dienone is 1. The molecule has 0 bridgehead atoms. The lowest BCUT2D eigenvalue weighted by atomic mass is 9.85. The molecule has 1 unspecified atom stereocenters. The van der Waals surface area contributed by atoms with E-state index in [0.717, 1.165) is 52.6 Å². The summed E-state index contributed by atoms with van der Waals surface area (Å²) in [6, 6.07) is 15.1. The Labute approximate surface area is 199 Å². The fourth-order valence-electron chi connectivity index (χ4n) is 4.92. The normalized spacial score (nSPS) is 20.7. The summed E-state index contributed by atoms with van der Waals surface area (Å²) in [6.07, 6.45) is 5.07. The van der Waals surface area contributed by atoms with E-state index in [1.165, 1.54) is 0 Å². The number of fused-ring (bicyclic) bond motifs is 2. The van der Waals surface area contributed by atoms with Crippen LogP contribution in [-0.2, 0) is 16.3 Å². The second-order valence-corrected chi connectivity index (χ2v) is 11.5. The smallest absolute Gasteiger partial charge is 0.254 e. The minimum Gasteiger partial charge on any atom is -0.338 e. The van der Waals surface area contributed by atoms with E-state index in [1.54, 1.807) is 11.9 Å². The largest absolute Gasteiger partial charge is 0.338 e. The molecule has 1 atom stereocenters. The number of halogens is 1. The molecule has 0 radical (unpaired) electrons. The molecule has 5 nitrogen and oxygen atoms in total. The molecule has 170 valence electrons. The molecule has 1 saturated heterocycles. The van der Waals surface area contributed by atoms with Crippen LogP contribution in [0.2, 0.25) is 5.02 Å². The van der Waals surface area contributed by atoms with Crippen LogP contribution >= 0.6 is 11.6 Å². The minimum absolute atomic E-state index is 0.0259. The standard InChI is InChI=1S/C26H25ClN2O3S/c1-29(19-13-14-33(31,32)16-19)26(30)24-20-9-3-5-12-23(20)28-25-18(8-6-10-21(24)25)15-17-7-2-4-11-22(17)27/h2-5,7,9,11-12,15,19H,6,8,10,13-14,16H2,1H3/b18-15-. The highest BCUT2D eigenvalue weighted by molar-refractivity contribution is 7.91. The van der Waals surface area contributed by atoms with Crippen LogP contribution < -0.4 is 0 Å². The van der Waals surface area contributed by atoms with Gasteiger partial charge in [-0.2, -0.15) is 0 Å². The maximum atomic E-state index is 13.8. The van der Waals surface area contributed by atoms with E-state index < -0.39 is 9.84 Å². The second-order valence-electron chi connectivity index (χ2n) is 8.85. The summed E-state index contributed by atoms with van der Waals surface area (Å²) in [7, 11) is -1.37. The number of carbonyl (C=O) groups is 1. The van der Waals surface area contributed by atoms with Gasteiger partial charge in [-0.15, -0.1) is 0 Å². The molecule has 1 aliphatic carbocycles. The third kappa shape index (κ3) is 4.18. The van der Waals surface area contributed by atoms with Crippen LogP contribution in [0.4, 0.5) is 0 Å². The van der Waals surface area contributed by atoms with E-state index in [9.17, 15) is 13.2 Å². The SMILES string of the molecule is CN(C(=O)c1c2c(nc3ccccc13)/C(=C\c1ccccc1Cl)CCC2)C1CCS(=O)(=O)C1. The van der Waals surface area contributed by atoms with Gasteiger partial charge in [-0.3, -0.25) is 4.79 Å². The maximum absolute atomic E-state index is 13.8. The fourth-order valence-corrected chi connectivity index (χ4v) is 6.89. The number of amides is 1. The number of carbonyl (C=O) groups excluding carboxylic acids is 1. The number of benzene rings is 2. The third-order valence-electron chi connectivity index (χ3n) is 6.70. The zero-order valence-corrected chi connectivity index (χ0v) is 20.0. The van der Waals surface area contributed by atoms with Crippen LogP contribution in [0, 0.1) is 0 Å². The van der Waals surface area contributed by atoms with Gasteiger partial charge in [0.25, 0.3) is 5.91 Å². The number of para-hydroxylation sites is 1. The number of rotatable bonds is 3. The lowest BCUT2D eigenvalue weighted by Crippen LogP contribution is -2.38. The summed E-state index contributed by atoms with van der Waals surface area (Å²) >= 11 is 6.41. The molecule has 33 heavy (non-hydrogen) atoms. The van der Waals surface area contributed by atoms with E-state index in [2.05, 4.69) is 6.08 Å². The molecule has 0 saturated carbocycles. The molecule has 2 heterocycles. The van der Waals surface area contributed by atoms with Crippen molar-refractivity contribution in [3.63, 3.8) is 0 Å². The number of pyridine rings is 1. The number of hydrogen-bond acceptors (Lipinski definition) is 4. The Kier molecular flexibility index (Phi) is 5.75. The van der Waals surface area contributed by atoms with Gasteiger partial charge >= 0.3 is 0 Å². The predicted octanol–water partition coefficient (Wildman–Crippen LogP) is 5.02. The molecule has 2 aliphatic rings. The molecule has 0 N–H and O–H groups in total. The van der Waals surface area contributed by atoms with Crippen LogP contribution in [0.3, 0.4) is 0 Å². The van der Waals surface area contributed by atoms with E-state index in [0.29, 0.717) is 17.0 Å². The Bertz CT molecular complexity index is 1400. The predicted molar refractivity (Wildman–Crippen MR) is 133 cm³/mol. The zero-order valence-electron chi connectivity index (χ0n) is 18.4. The molecule has 1 aromatic heterocycles. The average Bonchev–Trinajstić information content (AvgIpc) is 3.18. The highest BCUT2D eigenvalue weighted by Gasteiger charge is 2.35. The van der Waals surface area contributed by atoms with Crippen LogP contribution in [0.1, 0.15) is 46.4 Å². The Balaban J connectivity index is 1.65. The Morgan fingerprint density at radius 1 is 1.12 bits per heavy atom. The van der Waals surface area contributed by atoms with Crippen LogP contribution in [-0.4, -0.2) is 48.8 Å². The van der Waals surface area contributed by atoms with Gasteiger partial charge in [-0.25, -0.2) is 13.4 Å². The van der Waals surface area contributed by atoms with Gasteiger partial charge in [-0.1, -0.05) is 48.0 Å². The van der Waals surface area contributed by atoms with E-state index >= 15 is 0 Å². The summed E-state index contributed by atoms with van der Waals surface area (Å²) in [6.45, 7) is 0. The molecule has 0 spiro atoms. The fraction of sp³-hybridized carbons (Fsp3) is 0.308. The van der Waals surface area contributed by atoms with Gasteiger partial charge in [0.05, 0.1) is 28.3 Å². The average molecular weight is 481 g/mol. The van der Waals surface area contributed by atoms with E-state index in [-0.39, 0.29) is 23.5 Å². The Hall–Kier alpha value is -2.70. The summed E-state index contributed by atoms with van der Waals surface area (Å²) in [4.78, 5) is 20.4. The van der Waals surface area contributed by atoms with Crippen LogP contribution in [0.15, 0.2) is 48.5 Å². The van der Waals surface area contributed by atoms with Crippen molar-refractivity contribution in [1.29, 1.82) is 0 Å². The Morgan fingerprint density at radius 2 is 1.88 bits per heavy atom. The first-order valence-electron chi connectivity index (χ1n) is 11.2. The summed E-state index contributed by atoms with van der Waals surface area (Å²) in [5.41, 5.74) is 5.19. The topological polar surface area (TPSA) is 67.3 Å². The first-order valence-corrected chi connectivity index (χ1v) is 13.4. The molecule has 5 rings (SSSR count). The quantitative estimate of drug-likeness (QED) is 0.527. The van der Waals surface area contributed by atoms with Crippen molar-refractivity contribution in [3.05, 3.63) is 75.9 Å². The lowest BCUT2D eigenvalue weighted by molar-refractivity contribution is 0.0748. The highest BCUT2D eigenvalue weighted by Crippen LogP contribution is 2.37. The summed E-state index contributed by atoms with van der Waals surface area (Å²) in [5, 5.41) is 1.49. The van der Waals surface area contributed by atoms with Crippen molar-refractivity contribution >= 4 is 49.9 Å². The van der Waals surface area contributed by atoms with Crippen LogP contribution in [0.25, 0.3) is 22.6 Å². The molecule has 7 heteroatoms. The van der Waals surface area contributed by atoms with Crippen molar-refractivity contribution in [2.24, 2.45) is 0 Å². The molecular weight excluding hydrogens is 456 g/mol. The number of aromatic nitrogens is 1. The molecule has 1 amide bonds. The van der Waals surface area contributed by atoms with Crippen LogP contribution in [0.5, 0.6) is 0 Å². The minimum atomic E-state index is -3.09.